The first-order valence-electron chi connectivity index (χ1n) is 5.57. The van der Waals surface area contributed by atoms with Crippen LogP contribution in [0.5, 0.6) is 0 Å². The summed E-state index contributed by atoms with van der Waals surface area (Å²) in [6.45, 7) is 2.97. The highest BCUT2D eigenvalue weighted by atomic mass is 16.7. The van der Waals surface area contributed by atoms with Crippen LogP contribution in [0.1, 0.15) is 20.3 Å². The summed E-state index contributed by atoms with van der Waals surface area (Å²) in [4.78, 5) is 22.1. The Morgan fingerprint density at radius 3 is 2.89 bits per heavy atom. The topological polar surface area (TPSA) is 82.1 Å². The molecule has 2 aliphatic rings. The monoisotopic (exact) mass is 254 g/mol. The SMILES string of the molecule is CC(=O)O[C@H]1OC(=O)C=C1[C@@H]1CC=C(C)[C@@H](O)O1. The van der Waals surface area contributed by atoms with Crippen LogP contribution in [-0.4, -0.2) is 35.7 Å². The molecule has 0 aromatic rings. The van der Waals surface area contributed by atoms with Gasteiger partial charge in [-0.2, -0.15) is 0 Å². The van der Waals surface area contributed by atoms with E-state index in [0.29, 0.717) is 17.6 Å². The average molecular weight is 254 g/mol. The molecule has 6 nitrogen and oxygen atoms in total. The van der Waals surface area contributed by atoms with Crippen molar-refractivity contribution in [3.05, 3.63) is 23.3 Å². The average Bonchev–Trinajstić information content (AvgIpc) is 2.62. The van der Waals surface area contributed by atoms with E-state index in [2.05, 4.69) is 0 Å². The highest BCUT2D eigenvalue weighted by Crippen LogP contribution is 2.29. The molecule has 18 heavy (non-hydrogen) atoms. The number of aliphatic hydroxyl groups excluding tert-OH is 1. The number of ether oxygens (including phenoxy) is 3. The van der Waals surface area contributed by atoms with Crippen LogP contribution in [0.4, 0.5) is 0 Å². The van der Waals surface area contributed by atoms with Gasteiger partial charge in [-0.15, -0.1) is 0 Å². The van der Waals surface area contributed by atoms with Crippen LogP contribution >= 0.6 is 0 Å². The number of esters is 2. The number of rotatable bonds is 2. The van der Waals surface area contributed by atoms with E-state index < -0.39 is 30.6 Å². The number of carbonyl (C=O) groups is 2. The Balaban J connectivity index is 2.13. The molecular formula is C12H14O6. The van der Waals surface area contributed by atoms with Gasteiger partial charge >= 0.3 is 11.9 Å². The molecule has 0 aliphatic carbocycles. The summed E-state index contributed by atoms with van der Waals surface area (Å²) in [5.41, 5.74) is 1.12. The van der Waals surface area contributed by atoms with Crippen LogP contribution in [0.15, 0.2) is 23.3 Å². The molecule has 1 N–H and O–H groups in total. The predicted octanol–water partition coefficient (Wildman–Crippen LogP) is 0.412. The van der Waals surface area contributed by atoms with E-state index in [1.165, 1.54) is 13.0 Å². The van der Waals surface area contributed by atoms with Gasteiger partial charge in [-0.05, 0) is 18.9 Å². The third-order valence-corrected chi connectivity index (χ3v) is 2.76. The van der Waals surface area contributed by atoms with Crippen molar-refractivity contribution in [2.45, 2.75) is 39.0 Å². The smallest absolute Gasteiger partial charge is 0.334 e. The second kappa shape index (κ2) is 4.91. The Labute approximate surface area is 104 Å². The molecule has 0 fully saturated rings. The maximum atomic E-state index is 11.2. The quantitative estimate of drug-likeness (QED) is 0.568. The fraction of sp³-hybridized carbons (Fsp3) is 0.500. The Morgan fingerprint density at radius 2 is 2.28 bits per heavy atom. The third kappa shape index (κ3) is 2.60. The van der Waals surface area contributed by atoms with Crippen LogP contribution in [0, 0.1) is 0 Å². The van der Waals surface area contributed by atoms with Crippen molar-refractivity contribution in [3.8, 4) is 0 Å². The van der Waals surface area contributed by atoms with E-state index in [1.807, 2.05) is 6.08 Å². The normalized spacial score (nSPS) is 31.5. The molecule has 98 valence electrons. The molecule has 0 bridgehead atoms. The molecule has 0 saturated carbocycles. The number of carbonyl (C=O) groups excluding carboxylic acids is 2. The summed E-state index contributed by atoms with van der Waals surface area (Å²) in [5.74, 6) is -1.13. The Hall–Kier alpha value is -1.66. The lowest BCUT2D eigenvalue weighted by Gasteiger charge is -2.28. The van der Waals surface area contributed by atoms with Crippen molar-refractivity contribution in [1.29, 1.82) is 0 Å². The molecule has 2 aliphatic heterocycles. The lowest BCUT2D eigenvalue weighted by atomic mass is 10.0. The summed E-state index contributed by atoms with van der Waals surface area (Å²) in [6.07, 6.45) is 0.937. The highest BCUT2D eigenvalue weighted by Gasteiger charge is 2.36. The van der Waals surface area contributed by atoms with Gasteiger partial charge in [0.15, 0.2) is 6.29 Å². The van der Waals surface area contributed by atoms with Crippen molar-refractivity contribution in [2.75, 3.05) is 0 Å². The van der Waals surface area contributed by atoms with Gasteiger partial charge in [-0.25, -0.2) is 4.79 Å². The van der Waals surface area contributed by atoms with Crippen molar-refractivity contribution in [3.63, 3.8) is 0 Å². The minimum absolute atomic E-state index is 0.415. The van der Waals surface area contributed by atoms with Crippen molar-refractivity contribution >= 4 is 11.9 Å². The van der Waals surface area contributed by atoms with Gasteiger partial charge in [-0.1, -0.05) is 6.08 Å². The zero-order valence-corrected chi connectivity index (χ0v) is 10.1. The molecule has 0 saturated heterocycles. The second-order valence-corrected chi connectivity index (χ2v) is 4.18. The van der Waals surface area contributed by atoms with Gasteiger partial charge in [0.2, 0.25) is 0 Å². The van der Waals surface area contributed by atoms with Crippen molar-refractivity contribution in [2.24, 2.45) is 0 Å². The summed E-state index contributed by atoms with van der Waals surface area (Å²) >= 11 is 0. The first-order chi connectivity index (χ1) is 8.47. The maximum Gasteiger partial charge on any atom is 0.334 e. The molecule has 6 heteroatoms. The lowest BCUT2D eigenvalue weighted by Crippen LogP contribution is -2.33. The summed E-state index contributed by atoms with van der Waals surface area (Å²) < 4.78 is 15.1. The molecule has 0 aromatic heterocycles. The van der Waals surface area contributed by atoms with E-state index in [-0.39, 0.29) is 0 Å². The largest absolute Gasteiger partial charge is 0.421 e. The van der Waals surface area contributed by atoms with Gasteiger partial charge in [0, 0.05) is 18.6 Å². The first kappa shape index (κ1) is 12.8. The fourth-order valence-electron chi connectivity index (χ4n) is 1.83. The van der Waals surface area contributed by atoms with Crippen LogP contribution < -0.4 is 0 Å². The zero-order chi connectivity index (χ0) is 13.3. The molecule has 0 spiro atoms. The second-order valence-electron chi connectivity index (χ2n) is 4.18. The van der Waals surface area contributed by atoms with Gasteiger partial charge < -0.3 is 19.3 Å². The number of hydrogen-bond donors (Lipinski definition) is 1. The molecule has 0 aromatic carbocycles. The van der Waals surface area contributed by atoms with Gasteiger partial charge in [0.05, 0.1) is 6.10 Å². The number of aliphatic hydroxyl groups is 1. The van der Waals surface area contributed by atoms with E-state index in [1.54, 1.807) is 6.92 Å². The Bertz CT molecular complexity index is 436. The van der Waals surface area contributed by atoms with E-state index in [4.69, 9.17) is 14.2 Å². The standard InChI is InChI=1S/C12H14O6/c1-6-3-4-9(17-11(6)15)8-5-10(14)18-12(8)16-7(2)13/h3,5,9,11-12,15H,4H2,1-2H3/t9-,11-,12-/m0/s1. The molecular weight excluding hydrogens is 240 g/mol. The Kier molecular flexibility index (Phi) is 3.49. The van der Waals surface area contributed by atoms with Crippen molar-refractivity contribution in [1.82, 2.24) is 0 Å². The van der Waals surface area contributed by atoms with Crippen LogP contribution in [0.2, 0.25) is 0 Å². The maximum absolute atomic E-state index is 11.2. The van der Waals surface area contributed by atoms with Gasteiger partial charge in [0.25, 0.3) is 6.29 Å². The van der Waals surface area contributed by atoms with E-state index in [0.717, 1.165) is 0 Å². The summed E-state index contributed by atoms with van der Waals surface area (Å²) in [6, 6.07) is 0. The van der Waals surface area contributed by atoms with E-state index in [9.17, 15) is 14.7 Å². The highest BCUT2D eigenvalue weighted by molar-refractivity contribution is 5.86. The number of cyclic esters (lactones) is 1. The fourth-order valence-corrected chi connectivity index (χ4v) is 1.83. The zero-order valence-electron chi connectivity index (χ0n) is 10.1. The molecule has 3 atom stereocenters. The minimum Gasteiger partial charge on any atom is -0.421 e. The Morgan fingerprint density at radius 1 is 1.56 bits per heavy atom. The van der Waals surface area contributed by atoms with Crippen LogP contribution in [0.25, 0.3) is 0 Å². The number of hydrogen-bond acceptors (Lipinski definition) is 6. The molecule has 0 unspecified atom stereocenters. The minimum atomic E-state index is -1.06. The van der Waals surface area contributed by atoms with Crippen LogP contribution in [-0.2, 0) is 23.8 Å². The summed E-state index contributed by atoms with van der Waals surface area (Å²) in [5, 5.41) is 9.59. The molecule has 2 heterocycles. The van der Waals surface area contributed by atoms with Crippen LogP contribution in [0.3, 0.4) is 0 Å². The molecule has 2 rings (SSSR count). The summed E-state index contributed by atoms with van der Waals surface area (Å²) in [7, 11) is 0. The van der Waals surface area contributed by atoms with Crippen molar-refractivity contribution < 1.29 is 28.9 Å². The van der Waals surface area contributed by atoms with Gasteiger partial charge in [-0.3, -0.25) is 4.79 Å². The molecule has 0 amide bonds. The first-order valence-corrected chi connectivity index (χ1v) is 5.57. The predicted molar refractivity (Wildman–Crippen MR) is 59.0 cm³/mol. The lowest BCUT2D eigenvalue weighted by molar-refractivity contribution is -0.176. The van der Waals surface area contributed by atoms with Gasteiger partial charge in [0.1, 0.15) is 0 Å². The van der Waals surface area contributed by atoms with E-state index >= 15 is 0 Å². The molecule has 0 radical (unpaired) electrons. The third-order valence-electron chi connectivity index (χ3n) is 2.76.